The highest BCUT2D eigenvalue weighted by Gasteiger charge is 2.51. The van der Waals surface area contributed by atoms with Gasteiger partial charge in [-0.25, -0.2) is 0 Å². The Hall–Kier alpha value is -7.22. The van der Waals surface area contributed by atoms with Crippen molar-refractivity contribution in [2.75, 3.05) is 4.90 Å². The van der Waals surface area contributed by atoms with Crippen LogP contribution in [0.1, 0.15) is 54.2 Å². The molecule has 1 heteroatoms. The van der Waals surface area contributed by atoms with E-state index in [4.69, 9.17) is 0 Å². The van der Waals surface area contributed by atoms with Gasteiger partial charge in [0.15, 0.2) is 0 Å². The first-order valence-corrected chi connectivity index (χ1v) is 21.0. The molecule has 0 radical (unpaired) electrons. The molecule has 286 valence electrons. The van der Waals surface area contributed by atoms with Crippen LogP contribution in [0, 0.1) is 0 Å². The largest absolute Gasteiger partial charge is 0.310 e. The molecule has 0 heterocycles. The molecule has 0 aromatic heterocycles. The maximum absolute atomic E-state index is 4.03. The Labute approximate surface area is 354 Å². The Morgan fingerprint density at radius 1 is 0.417 bits per heavy atom. The zero-order chi connectivity index (χ0) is 40.6. The molecule has 8 aromatic rings. The third kappa shape index (κ3) is 5.19. The second-order valence-electron chi connectivity index (χ2n) is 16.9. The van der Waals surface area contributed by atoms with Crippen molar-refractivity contribution in [3.8, 4) is 44.5 Å². The predicted molar refractivity (Wildman–Crippen MR) is 253 cm³/mol. The lowest BCUT2D eigenvalue weighted by Crippen LogP contribution is -2.26. The van der Waals surface area contributed by atoms with Crippen LogP contribution in [0.4, 0.5) is 17.1 Å². The Morgan fingerprint density at radius 2 is 0.900 bits per heavy atom. The number of hydrogen-bond acceptors (Lipinski definition) is 1. The summed E-state index contributed by atoms with van der Waals surface area (Å²) in [6.07, 6.45) is 6.26. The molecule has 60 heavy (non-hydrogen) atoms. The molecule has 0 saturated carbocycles. The van der Waals surface area contributed by atoms with Crippen molar-refractivity contribution in [2.45, 2.75) is 31.6 Å². The fourth-order valence-corrected chi connectivity index (χ4v) is 10.7. The summed E-state index contributed by atoms with van der Waals surface area (Å²) in [4.78, 5) is 2.41. The lowest BCUT2D eigenvalue weighted by atomic mass is 9.69. The van der Waals surface area contributed by atoms with Gasteiger partial charge in [0.05, 0.1) is 5.41 Å². The maximum atomic E-state index is 4.03. The van der Waals surface area contributed by atoms with Gasteiger partial charge in [-0.15, -0.1) is 0 Å². The van der Waals surface area contributed by atoms with Crippen LogP contribution in [0.2, 0.25) is 0 Å². The first kappa shape index (κ1) is 35.9. The average Bonchev–Trinajstić information content (AvgIpc) is 3.83. The first-order valence-electron chi connectivity index (χ1n) is 21.0. The minimum Gasteiger partial charge on any atom is -0.310 e. The van der Waals surface area contributed by atoms with Crippen LogP contribution < -0.4 is 4.90 Å². The van der Waals surface area contributed by atoms with E-state index < -0.39 is 0 Å². The van der Waals surface area contributed by atoms with E-state index in [1.807, 2.05) is 6.08 Å². The van der Waals surface area contributed by atoms with E-state index in [2.05, 4.69) is 232 Å². The molecule has 8 aromatic carbocycles. The van der Waals surface area contributed by atoms with Crippen LogP contribution in [-0.4, -0.2) is 0 Å². The molecule has 0 N–H and O–H groups in total. The van der Waals surface area contributed by atoms with Crippen LogP contribution in [0.5, 0.6) is 0 Å². The molecule has 0 fully saturated rings. The van der Waals surface area contributed by atoms with Gasteiger partial charge in [-0.3, -0.25) is 0 Å². The number of rotatable bonds is 7. The van der Waals surface area contributed by atoms with Crippen molar-refractivity contribution in [1.82, 2.24) is 0 Å². The molecule has 0 bridgehead atoms. The van der Waals surface area contributed by atoms with Crippen LogP contribution in [0.3, 0.4) is 0 Å². The van der Waals surface area contributed by atoms with Crippen LogP contribution in [0.15, 0.2) is 218 Å². The predicted octanol–water partition coefficient (Wildman–Crippen LogP) is 15.6. The standard InChI is InChI=1S/C59H45N/c1-5-6-21-52-39(2)47-18-10-14-23-54(47)59(52)55-24-15-12-20-49(55)51-37-43(29-36-56(51)59)42-27-32-45(33-28-42)60(44-30-25-41(26-31-44)40-16-8-7-9-17-40)46-34-35-50-48-19-11-13-22-53(48)58(3,4)57(50)38-46/h5-38H,1H2,2-4H3/b21-6-. The zero-order valence-corrected chi connectivity index (χ0v) is 34.3. The lowest BCUT2D eigenvalue weighted by Gasteiger charge is -2.31. The number of benzene rings is 8. The summed E-state index contributed by atoms with van der Waals surface area (Å²) in [7, 11) is 0. The summed E-state index contributed by atoms with van der Waals surface area (Å²) in [5.41, 5.74) is 23.7. The number of fused-ring (bicyclic) bond motifs is 10. The van der Waals surface area contributed by atoms with Crippen molar-refractivity contribution in [1.29, 1.82) is 0 Å². The Kier molecular flexibility index (Phi) is 8.19. The number of allylic oxidation sites excluding steroid dienone is 5. The van der Waals surface area contributed by atoms with Crippen molar-refractivity contribution < 1.29 is 0 Å². The van der Waals surface area contributed by atoms with Gasteiger partial charge in [-0.2, -0.15) is 0 Å². The number of hydrogen-bond donors (Lipinski definition) is 0. The minimum atomic E-state index is -0.378. The van der Waals surface area contributed by atoms with Crippen molar-refractivity contribution in [3.05, 3.63) is 252 Å². The molecular weight excluding hydrogens is 723 g/mol. The summed E-state index contributed by atoms with van der Waals surface area (Å²) >= 11 is 0. The monoisotopic (exact) mass is 767 g/mol. The second-order valence-corrected chi connectivity index (χ2v) is 16.9. The van der Waals surface area contributed by atoms with Gasteiger partial charge in [0.25, 0.3) is 0 Å². The van der Waals surface area contributed by atoms with E-state index in [9.17, 15) is 0 Å². The highest BCUT2D eigenvalue weighted by Crippen LogP contribution is 2.62. The van der Waals surface area contributed by atoms with E-state index in [1.165, 1.54) is 89.0 Å². The molecule has 0 aliphatic heterocycles. The number of anilines is 3. The average molecular weight is 768 g/mol. The van der Waals surface area contributed by atoms with E-state index in [0.717, 1.165) is 17.1 Å². The number of nitrogens with zero attached hydrogens (tertiary/aromatic N) is 1. The van der Waals surface area contributed by atoms with Crippen LogP contribution in [0.25, 0.3) is 50.1 Å². The van der Waals surface area contributed by atoms with Crippen LogP contribution >= 0.6 is 0 Å². The summed E-state index contributed by atoms with van der Waals surface area (Å²) < 4.78 is 0. The third-order valence-electron chi connectivity index (χ3n) is 13.5. The van der Waals surface area contributed by atoms with Crippen molar-refractivity contribution >= 4 is 22.6 Å². The van der Waals surface area contributed by atoms with Gasteiger partial charge in [0.1, 0.15) is 0 Å². The van der Waals surface area contributed by atoms with E-state index in [1.54, 1.807) is 0 Å². The van der Waals surface area contributed by atoms with Gasteiger partial charge in [-0.1, -0.05) is 184 Å². The molecule has 0 amide bonds. The third-order valence-corrected chi connectivity index (χ3v) is 13.5. The molecule has 1 unspecified atom stereocenters. The van der Waals surface area contributed by atoms with Gasteiger partial charge in [0, 0.05) is 22.5 Å². The van der Waals surface area contributed by atoms with Gasteiger partial charge < -0.3 is 4.90 Å². The Bertz CT molecular complexity index is 3070. The zero-order valence-electron chi connectivity index (χ0n) is 34.3. The molecule has 0 saturated heterocycles. The second kappa shape index (κ2) is 13.7. The highest BCUT2D eigenvalue weighted by molar-refractivity contribution is 5.96. The fraction of sp³-hybridized carbons (Fsp3) is 0.0847. The molecule has 1 nitrogen and oxygen atoms in total. The van der Waals surface area contributed by atoms with Crippen LogP contribution in [-0.2, 0) is 10.8 Å². The molecule has 11 rings (SSSR count). The van der Waals surface area contributed by atoms with Gasteiger partial charge in [0.2, 0.25) is 0 Å². The van der Waals surface area contributed by atoms with E-state index in [0.29, 0.717) is 0 Å². The molecule has 3 aliphatic rings. The topological polar surface area (TPSA) is 3.24 Å². The summed E-state index contributed by atoms with van der Waals surface area (Å²) in [6, 6.07) is 69.8. The highest BCUT2D eigenvalue weighted by atomic mass is 15.1. The first-order chi connectivity index (χ1) is 29.4. The SMILES string of the molecule is C=C/C=C\C1=C(C)c2ccccc2C12c1ccccc1-c1cc(-c3ccc(N(c4ccc(-c5ccccc5)cc4)c4ccc5c(c4)C(C)(C)c4ccccc4-5)cc3)ccc12. The summed E-state index contributed by atoms with van der Waals surface area (Å²) in [6.45, 7) is 11.0. The normalized spacial score (nSPS) is 16.4. The lowest BCUT2D eigenvalue weighted by molar-refractivity contribution is 0.660. The summed E-state index contributed by atoms with van der Waals surface area (Å²) in [5.74, 6) is 0. The molecular formula is C59H45N. The fourth-order valence-electron chi connectivity index (χ4n) is 10.7. The van der Waals surface area contributed by atoms with Gasteiger partial charge in [-0.05, 0) is 138 Å². The minimum absolute atomic E-state index is 0.100. The summed E-state index contributed by atoms with van der Waals surface area (Å²) in [5, 5.41) is 0. The smallest absolute Gasteiger partial charge is 0.0722 e. The van der Waals surface area contributed by atoms with E-state index in [-0.39, 0.29) is 10.8 Å². The van der Waals surface area contributed by atoms with Crippen molar-refractivity contribution in [3.63, 3.8) is 0 Å². The molecule has 1 spiro atoms. The maximum Gasteiger partial charge on any atom is 0.0722 e. The van der Waals surface area contributed by atoms with Gasteiger partial charge >= 0.3 is 0 Å². The molecule has 3 aliphatic carbocycles. The quantitative estimate of drug-likeness (QED) is 0.146. The molecule has 1 atom stereocenters. The van der Waals surface area contributed by atoms with E-state index >= 15 is 0 Å². The van der Waals surface area contributed by atoms with Crippen molar-refractivity contribution in [2.24, 2.45) is 0 Å². The Morgan fingerprint density at radius 3 is 1.57 bits per heavy atom. The Balaban J connectivity index is 1.02.